The summed E-state index contributed by atoms with van der Waals surface area (Å²) in [4.78, 5) is 29.4. The number of nitrogens with zero attached hydrogens (tertiary/aromatic N) is 2. The molecule has 2 aromatic rings. The van der Waals surface area contributed by atoms with Crippen molar-refractivity contribution in [2.24, 2.45) is 0 Å². The minimum absolute atomic E-state index is 0.00239. The van der Waals surface area contributed by atoms with Crippen LogP contribution in [0.4, 0.5) is 4.79 Å². The van der Waals surface area contributed by atoms with Crippen LogP contribution in [0.2, 0.25) is 0 Å². The third-order valence-electron chi connectivity index (χ3n) is 4.21. The number of methoxy groups -OCH3 is 1. The van der Waals surface area contributed by atoms with Crippen molar-refractivity contribution in [1.29, 1.82) is 0 Å². The molecule has 0 aliphatic carbocycles. The zero-order chi connectivity index (χ0) is 17.8. The Morgan fingerprint density at radius 3 is 2.92 bits per heavy atom. The normalized spacial score (nSPS) is 15.5. The standard InChI is InChI=1S/C17H21N3O5/c1-11(5-6-13-4-3-7-24-13)18-17(22)20-8-12(9-20)15-19-14(10-25-15)16(21)23-2/h3-4,7,10-12H,5-6,8-9H2,1-2H3,(H,18,22). The van der Waals surface area contributed by atoms with Gasteiger partial charge in [0.25, 0.3) is 0 Å². The molecule has 1 aliphatic heterocycles. The molecule has 0 spiro atoms. The molecule has 1 N–H and O–H groups in total. The summed E-state index contributed by atoms with van der Waals surface area (Å²) in [6.07, 6.45) is 4.51. The van der Waals surface area contributed by atoms with E-state index in [4.69, 9.17) is 8.83 Å². The molecule has 1 fully saturated rings. The van der Waals surface area contributed by atoms with E-state index in [0.29, 0.717) is 19.0 Å². The number of aromatic nitrogens is 1. The zero-order valence-electron chi connectivity index (χ0n) is 14.2. The molecule has 1 aliphatic rings. The van der Waals surface area contributed by atoms with Crippen LogP contribution in [0.5, 0.6) is 0 Å². The number of carbonyl (C=O) groups excluding carboxylic acids is 2. The highest BCUT2D eigenvalue weighted by molar-refractivity contribution is 5.86. The van der Waals surface area contributed by atoms with Crippen LogP contribution < -0.4 is 5.32 Å². The molecule has 2 aromatic heterocycles. The Balaban J connectivity index is 1.41. The van der Waals surface area contributed by atoms with Crippen molar-refractivity contribution < 1.29 is 23.2 Å². The summed E-state index contributed by atoms with van der Waals surface area (Å²) >= 11 is 0. The predicted octanol–water partition coefficient (Wildman–Crippen LogP) is 2.18. The van der Waals surface area contributed by atoms with Crippen LogP contribution in [0.15, 0.2) is 33.5 Å². The highest BCUT2D eigenvalue weighted by atomic mass is 16.5. The molecule has 0 saturated carbocycles. The van der Waals surface area contributed by atoms with E-state index in [9.17, 15) is 9.59 Å². The van der Waals surface area contributed by atoms with E-state index in [1.807, 2.05) is 19.1 Å². The van der Waals surface area contributed by atoms with Crippen molar-refractivity contribution in [3.8, 4) is 0 Å². The van der Waals surface area contributed by atoms with Crippen LogP contribution in [-0.2, 0) is 11.2 Å². The van der Waals surface area contributed by atoms with Crippen LogP contribution in [0.1, 0.15) is 41.4 Å². The Morgan fingerprint density at radius 1 is 1.44 bits per heavy atom. The lowest BCUT2D eigenvalue weighted by Crippen LogP contribution is -2.54. The maximum atomic E-state index is 12.2. The van der Waals surface area contributed by atoms with Crippen molar-refractivity contribution in [2.45, 2.75) is 31.7 Å². The predicted molar refractivity (Wildman–Crippen MR) is 87.2 cm³/mol. The van der Waals surface area contributed by atoms with Gasteiger partial charge in [-0.3, -0.25) is 0 Å². The quantitative estimate of drug-likeness (QED) is 0.804. The summed E-state index contributed by atoms with van der Waals surface area (Å²) in [7, 11) is 1.29. The second kappa shape index (κ2) is 7.42. The number of rotatable bonds is 6. The molecule has 1 atom stereocenters. The first-order valence-electron chi connectivity index (χ1n) is 8.18. The van der Waals surface area contributed by atoms with E-state index in [-0.39, 0.29) is 23.7 Å². The van der Waals surface area contributed by atoms with Gasteiger partial charge in [0.15, 0.2) is 5.69 Å². The molecule has 2 amide bonds. The molecule has 0 radical (unpaired) electrons. The van der Waals surface area contributed by atoms with E-state index < -0.39 is 5.97 Å². The van der Waals surface area contributed by atoms with E-state index in [1.165, 1.54) is 13.4 Å². The summed E-state index contributed by atoms with van der Waals surface area (Å²) in [5.74, 6) is 0.836. The third-order valence-corrected chi connectivity index (χ3v) is 4.21. The van der Waals surface area contributed by atoms with Gasteiger partial charge in [-0.1, -0.05) is 0 Å². The highest BCUT2D eigenvalue weighted by Crippen LogP contribution is 2.26. The van der Waals surface area contributed by atoms with Gasteiger partial charge < -0.3 is 23.8 Å². The maximum absolute atomic E-state index is 12.2. The molecular weight excluding hydrogens is 326 g/mol. The van der Waals surface area contributed by atoms with Crippen LogP contribution in [0.3, 0.4) is 0 Å². The monoisotopic (exact) mass is 347 g/mol. The number of aryl methyl sites for hydroxylation is 1. The summed E-state index contributed by atoms with van der Waals surface area (Å²) in [6, 6.07) is 3.72. The fourth-order valence-corrected chi connectivity index (χ4v) is 2.66. The zero-order valence-corrected chi connectivity index (χ0v) is 14.2. The van der Waals surface area contributed by atoms with Crippen molar-refractivity contribution in [1.82, 2.24) is 15.2 Å². The van der Waals surface area contributed by atoms with Gasteiger partial charge in [0.05, 0.1) is 19.3 Å². The molecule has 8 heteroatoms. The summed E-state index contributed by atoms with van der Waals surface area (Å²) in [5.41, 5.74) is 0.145. The number of amides is 2. The molecule has 8 nitrogen and oxygen atoms in total. The van der Waals surface area contributed by atoms with Crippen molar-refractivity contribution in [2.75, 3.05) is 20.2 Å². The molecular formula is C17H21N3O5. The van der Waals surface area contributed by atoms with Gasteiger partial charge in [-0.25, -0.2) is 14.6 Å². The maximum Gasteiger partial charge on any atom is 0.360 e. The average Bonchev–Trinajstić information content (AvgIpc) is 3.22. The smallest absolute Gasteiger partial charge is 0.360 e. The van der Waals surface area contributed by atoms with Crippen LogP contribution in [-0.4, -0.2) is 48.1 Å². The first-order valence-corrected chi connectivity index (χ1v) is 8.18. The number of nitrogens with one attached hydrogen (secondary N) is 1. The van der Waals surface area contributed by atoms with Gasteiger partial charge >= 0.3 is 12.0 Å². The Hall–Kier alpha value is -2.77. The number of esters is 1. The Labute approximate surface area is 145 Å². The van der Waals surface area contributed by atoms with Crippen LogP contribution >= 0.6 is 0 Å². The first kappa shape index (κ1) is 17.1. The Bertz CT molecular complexity index is 718. The number of ether oxygens (including phenoxy) is 1. The molecule has 3 rings (SSSR count). The lowest BCUT2D eigenvalue weighted by atomic mass is 10.0. The highest BCUT2D eigenvalue weighted by Gasteiger charge is 2.35. The number of hydrogen-bond acceptors (Lipinski definition) is 6. The van der Waals surface area contributed by atoms with Crippen LogP contribution in [0, 0.1) is 0 Å². The number of hydrogen-bond donors (Lipinski definition) is 1. The molecule has 1 saturated heterocycles. The number of furan rings is 1. The fourth-order valence-electron chi connectivity index (χ4n) is 2.66. The summed E-state index contributed by atoms with van der Waals surface area (Å²) in [5, 5.41) is 2.97. The second-order valence-corrected chi connectivity index (χ2v) is 6.13. The topological polar surface area (TPSA) is 97.8 Å². The Kier molecular flexibility index (Phi) is 5.06. The number of urea groups is 1. The van der Waals surface area contributed by atoms with E-state index in [0.717, 1.165) is 18.6 Å². The van der Waals surface area contributed by atoms with Gasteiger partial charge in [-0.05, 0) is 25.5 Å². The Morgan fingerprint density at radius 2 is 2.24 bits per heavy atom. The van der Waals surface area contributed by atoms with Crippen LogP contribution in [0.25, 0.3) is 0 Å². The molecule has 1 unspecified atom stereocenters. The third kappa shape index (κ3) is 4.01. The molecule has 3 heterocycles. The first-order chi connectivity index (χ1) is 12.1. The second-order valence-electron chi connectivity index (χ2n) is 6.13. The lowest BCUT2D eigenvalue weighted by Gasteiger charge is -2.37. The van der Waals surface area contributed by atoms with Gasteiger partial charge in [0.2, 0.25) is 5.89 Å². The van der Waals surface area contributed by atoms with Crippen molar-refractivity contribution in [3.05, 3.63) is 42.0 Å². The fraction of sp³-hybridized carbons (Fsp3) is 0.471. The molecule has 0 bridgehead atoms. The summed E-state index contributed by atoms with van der Waals surface area (Å²) < 4.78 is 15.2. The number of likely N-dealkylation sites (tertiary alicyclic amines) is 1. The van der Waals surface area contributed by atoms with Gasteiger partial charge in [-0.15, -0.1) is 0 Å². The lowest BCUT2D eigenvalue weighted by molar-refractivity contribution is 0.0593. The number of oxazole rings is 1. The van der Waals surface area contributed by atoms with Crippen molar-refractivity contribution in [3.63, 3.8) is 0 Å². The van der Waals surface area contributed by atoms with Gasteiger partial charge in [0, 0.05) is 25.6 Å². The van der Waals surface area contributed by atoms with Gasteiger partial charge in [0.1, 0.15) is 12.0 Å². The minimum Gasteiger partial charge on any atom is -0.469 e. The molecule has 134 valence electrons. The van der Waals surface area contributed by atoms with E-state index in [1.54, 1.807) is 11.2 Å². The largest absolute Gasteiger partial charge is 0.469 e. The van der Waals surface area contributed by atoms with Gasteiger partial charge in [-0.2, -0.15) is 0 Å². The van der Waals surface area contributed by atoms with E-state index in [2.05, 4.69) is 15.0 Å². The average molecular weight is 347 g/mol. The molecule has 0 aromatic carbocycles. The van der Waals surface area contributed by atoms with E-state index >= 15 is 0 Å². The minimum atomic E-state index is -0.533. The molecule has 25 heavy (non-hydrogen) atoms. The summed E-state index contributed by atoms with van der Waals surface area (Å²) in [6.45, 7) is 2.99. The SMILES string of the molecule is COC(=O)c1coc(C2CN(C(=O)NC(C)CCc3ccco3)C2)n1. The number of carbonyl (C=O) groups is 2. The van der Waals surface area contributed by atoms with Crippen molar-refractivity contribution >= 4 is 12.0 Å².